The first kappa shape index (κ1) is 22.7. The van der Waals surface area contributed by atoms with Crippen LogP contribution in [0, 0.1) is 28.6 Å². The lowest BCUT2D eigenvalue weighted by atomic mass is 9.47. The van der Waals surface area contributed by atoms with Crippen LogP contribution >= 0.6 is 0 Å². The molecular weight excluding hydrogens is 404 g/mol. The summed E-state index contributed by atoms with van der Waals surface area (Å²) in [6.45, 7) is 18.6. The van der Waals surface area contributed by atoms with Gasteiger partial charge in [0.2, 0.25) is 0 Å². The van der Waals surface area contributed by atoms with Crippen LogP contribution in [0.2, 0.25) is 44.8 Å². The molecule has 5 heteroatoms. The molecule has 0 aromatic heterocycles. The number of carbonyl (C=O) groups excluding carboxylic acids is 2. The quantitative estimate of drug-likeness (QED) is 0.482. The molecule has 3 nitrogen and oxygen atoms in total. The average Bonchev–Trinajstić information content (AvgIpc) is 2.90. The van der Waals surface area contributed by atoms with Crippen LogP contribution in [0.1, 0.15) is 52.4 Å². The van der Waals surface area contributed by atoms with Gasteiger partial charge in [0.05, 0.1) is 14.2 Å². The Bertz CT molecular complexity index is 789. The van der Waals surface area contributed by atoms with Gasteiger partial charge in [-0.2, -0.15) is 0 Å². The lowest BCUT2D eigenvalue weighted by molar-refractivity contribution is -0.136. The molecular formula is C25H42O3Si2. The third-order valence-electron chi connectivity index (χ3n) is 9.17. The van der Waals surface area contributed by atoms with Crippen molar-refractivity contribution >= 4 is 28.0 Å². The molecule has 0 spiro atoms. The van der Waals surface area contributed by atoms with E-state index in [1.807, 2.05) is 6.08 Å². The molecule has 0 aliphatic heterocycles. The highest BCUT2D eigenvalue weighted by Crippen LogP contribution is 2.66. The summed E-state index contributed by atoms with van der Waals surface area (Å²) in [5.74, 6) is 1.69. The minimum Gasteiger partial charge on any atom is -0.414 e. The van der Waals surface area contributed by atoms with Crippen LogP contribution in [0.3, 0.4) is 0 Å². The lowest BCUT2D eigenvalue weighted by Gasteiger charge is -2.58. The van der Waals surface area contributed by atoms with Crippen molar-refractivity contribution in [3.05, 3.63) is 11.6 Å². The van der Waals surface area contributed by atoms with Gasteiger partial charge >= 0.3 is 0 Å². The number of allylic oxidation sites excluding steroid dienone is 2. The maximum atomic E-state index is 13.7. The van der Waals surface area contributed by atoms with Crippen LogP contribution in [0.4, 0.5) is 0 Å². The van der Waals surface area contributed by atoms with Crippen molar-refractivity contribution in [2.24, 2.45) is 28.6 Å². The summed E-state index contributed by atoms with van der Waals surface area (Å²) in [4.78, 5) is 26.7. The van der Waals surface area contributed by atoms with Gasteiger partial charge in [-0.15, -0.1) is 0 Å². The first-order valence-electron chi connectivity index (χ1n) is 12.1. The molecule has 0 radical (unpaired) electrons. The van der Waals surface area contributed by atoms with Gasteiger partial charge in [-0.05, 0) is 80.5 Å². The largest absolute Gasteiger partial charge is 0.414 e. The van der Waals surface area contributed by atoms with Crippen molar-refractivity contribution < 1.29 is 14.0 Å². The van der Waals surface area contributed by atoms with E-state index in [-0.39, 0.29) is 22.3 Å². The van der Waals surface area contributed by atoms with Gasteiger partial charge < -0.3 is 4.43 Å². The van der Waals surface area contributed by atoms with Gasteiger partial charge in [0, 0.05) is 17.9 Å². The van der Waals surface area contributed by atoms with Crippen molar-refractivity contribution in [1.82, 2.24) is 0 Å². The zero-order valence-corrected chi connectivity index (χ0v) is 22.4. The highest BCUT2D eigenvalue weighted by molar-refractivity contribution is 6.81. The smallest absolute Gasteiger partial charge is 0.184 e. The number of Topliss-reactive ketones (excluding diaryl/α,β-unsaturated/α-hetero) is 1. The van der Waals surface area contributed by atoms with E-state index in [0.717, 1.165) is 32.1 Å². The van der Waals surface area contributed by atoms with Crippen LogP contribution < -0.4 is 0 Å². The van der Waals surface area contributed by atoms with E-state index in [1.54, 1.807) is 0 Å². The summed E-state index contributed by atoms with van der Waals surface area (Å²) in [6.07, 6.45) is 8.42. The summed E-state index contributed by atoms with van der Waals surface area (Å²) in [5.41, 5.74) is 1.40. The number of hydrogen-bond acceptors (Lipinski definition) is 3. The molecule has 1 unspecified atom stereocenters. The summed E-state index contributed by atoms with van der Waals surface area (Å²) in [5, 5.41) is 0. The number of fused-ring (bicyclic) bond motifs is 5. The van der Waals surface area contributed by atoms with Crippen LogP contribution in [0.5, 0.6) is 0 Å². The number of ketones is 2. The van der Waals surface area contributed by atoms with Crippen molar-refractivity contribution in [3.8, 4) is 0 Å². The van der Waals surface area contributed by atoms with E-state index in [0.29, 0.717) is 35.9 Å². The van der Waals surface area contributed by atoms with E-state index in [1.165, 1.54) is 5.57 Å². The van der Waals surface area contributed by atoms with Crippen molar-refractivity contribution in [3.63, 3.8) is 0 Å². The number of rotatable bonds is 3. The topological polar surface area (TPSA) is 43.4 Å². The third kappa shape index (κ3) is 3.38. The molecule has 0 saturated heterocycles. The van der Waals surface area contributed by atoms with Crippen molar-refractivity contribution in [2.45, 2.75) is 103 Å². The Balaban J connectivity index is 1.72. The molecule has 4 aliphatic rings. The normalized spacial score (nSPS) is 44.3. The molecule has 0 N–H and O–H groups in total. The number of hydrogen-bond donors (Lipinski definition) is 0. The van der Waals surface area contributed by atoms with Crippen LogP contribution in [0.25, 0.3) is 0 Å². The van der Waals surface area contributed by atoms with E-state index >= 15 is 0 Å². The summed E-state index contributed by atoms with van der Waals surface area (Å²) < 4.78 is 6.67. The second kappa shape index (κ2) is 6.98. The first-order chi connectivity index (χ1) is 13.7. The van der Waals surface area contributed by atoms with E-state index in [2.05, 4.69) is 53.1 Å². The Morgan fingerprint density at radius 3 is 2.20 bits per heavy atom. The highest BCUT2D eigenvalue weighted by Gasteiger charge is 2.63. The highest BCUT2D eigenvalue weighted by atomic mass is 28.4. The summed E-state index contributed by atoms with van der Waals surface area (Å²) in [7, 11) is -3.34. The summed E-state index contributed by atoms with van der Waals surface area (Å²) >= 11 is 0. The van der Waals surface area contributed by atoms with Crippen LogP contribution in [-0.4, -0.2) is 34.1 Å². The third-order valence-corrected chi connectivity index (χ3v) is 12.5. The maximum absolute atomic E-state index is 13.7. The predicted molar refractivity (Wildman–Crippen MR) is 128 cm³/mol. The minimum atomic E-state index is -1.73. The zero-order valence-electron chi connectivity index (χ0n) is 20.4. The second-order valence-corrected chi connectivity index (χ2v) is 23.0. The molecule has 3 saturated carbocycles. The van der Waals surface area contributed by atoms with E-state index in [4.69, 9.17) is 4.43 Å². The lowest BCUT2D eigenvalue weighted by Crippen LogP contribution is -2.56. The van der Waals surface area contributed by atoms with Crippen molar-refractivity contribution in [1.29, 1.82) is 0 Å². The van der Waals surface area contributed by atoms with E-state index < -0.39 is 16.4 Å². The minimum absolute atomic E-state index is 0.0243. The van der Waals surface area contributed by atoms with Gasteiger partial charge in [-0.3, -0.25) is 9.59 Å². The standard InChI is InChI=1S/C25H42O3Si2/c1-24-14-12-19(26)23(29(3,4)5)18(24)15-20(27)22-16-9-10-21(28-30(6,7)8)25(16,2)13-11-17(22)24/h15-17,21-23H,9-14H2,1-8H3/t16-,17-,21-,22-,23?,24+,25-/m0/s1. The van der Waals surface area contributed by atoms with Gasteiger partial charge in [-0.1, -0.05) is 39.1 Å². The fourth-order valence-electron chi connectivity index (χ4n) is 7.84. The molecule has 168 valence electrons. The maximum Gasteiger partial charge on any atom is 0.184 e. The second-order valence-electron chi connectivity index (χ2n) is 13.3. The van der Waals surface area contributed by atoms with Crippen LogP contribution in [0.15, 0.2) is 11.6 Å². The first-order valence-corrected chi connectivity index (χ1v) is 19.1. The Kier molecular flexibility index (Phi) is 5.28. The summed E-state index contributed by atoms with van der Waals surface area (Å²) in [6, 6.07) is 0. The Morgan fingerprint density at radius 2 is 1.60 bits per heavy atom. The molecule has 0 heterocycles. The van der Waals surface area contributed by atoms with E-state index in [9.17, 15) is 9.59 Å². The number of carbonyl (C=O) groups is 2. The van der Waals surface area contributed by atoms with Gasteiger partial charge in [0.25, 0.3) is 0 Å². The molecule has 3 fully saturated rings. The van der Waals surface area contributed by atoms with Crippen LogP contribution in [-0.2, 0) is 14.0 Å². The molecule has 7 atom stereocenters. The molecule has 0 aromatic carbocycles. The predicted octanol–water partition coefficient (Wildman–Crippen LogP) is 6.24. The molecule has 0 amide bonds. The Morgan fingerprint density at radius 1 is 0.933 bits per heavy atom. The molecule has 0 aromatic rings. The van der Waals surface area contributed by atoms with Gasteiger partial charge in [-0.25, -0.2) is 0 Å². The van der Waals surface area contributed by atoms with Gasteiger partial charge in [0.15, 0.2) is 14.1 Å². The Hall–Kier alpha value is -0.526. The van der Waals surface area contributed by atoms with Gasteiger partial charge in [0.1, 0.15) is 5.78 Å². The van der Waals surface area contributed by atoms with Crippen molar-refractivity contribution in [2.75, 3.05) is 0 Å². The molecule has 4 aliphatic carbocycles. The molecule has 30 heavy (non-hydrogen) atoms. The SMILES string of the molecule is C[C@]12CC[C@H]3[C@@H](C(=O)C=C4C([Si](C)(C)C)C(=O)CC[C@@]43C)[C@@H]1CC[C@@H]2O[Si](C)(C)C. The fraction of sp³-hybridized carbons (Fsp3) is 0.840. The zero-order chi connectivity index (χ0) is 22.3. The molecule has 0 bridgehead atoms. The average molecular weight is 447 g/mol. The monoisotopic (exact) mass is 446 g/mol. The molecule has 4 rings (SSSR count). The fourth-order valence-corrected chi connectivity index (χ4v) is 11.5. The Labute approximate surface area is 185 Å².